The molecule has 1 aromatic carbocycles. The molecule has 2 rings (SSSR count). The Bertz CT molecular complexity index is 593. The molecule has 0 bridgehead atoms. The van der Waals surface area contributed by atoms with E-state index in [2.05, 4.69) is 0 Å². The molecule has 0 aromatic heterocycles. The normalized spacial score (nSPS) is 14.8. The molecule has 4 nitrogen and oxygen atoms in total. The van der Waals surface area contributed by atoms with Gasteiger partial charge < -0.3 is 9.47 Å². The van der Waals surface area contributed by atoms with Crippen LogP contribution in [0.1, 0.15) is 12.5 Å². The molecular formula is C13H15ClO4S. The molecule has 0 fully saturated rings. The molecule has 0 unspecified atom stereocenters. The predicted octanol–water partition coefficient (Wildman–Crippen LogP) is 2.60. The van der Waals surface area contributed by atoms with E-state index in [9.17, 15) is 8.42 Å². The fourth-order valence-electron chi connectivity index (χ4n) is 1.80. The van der Waals surface area contributed by atoms with Crippen LogP contribution in [0.5, 0.6) is 11.5 Å². The van der Waals surface area contributed by atoms with Crippen molar-refractivity contribution in [3.05, 3.63) is 34.9 Å². The zero-order valence-electron chi connectivity index (χ0n) is 10.6. The largest absolute Gasteiger partial charge is 0.486 e. The van der Waals surface area contributed by atoms with Gasteiger partial charge in [-0.3, -0.25) is 0 Å². The Hall–Kier alpha value is -1.20. The molecular weight excluding hydrogens is 288 g/mol. The van der Waals surface area contributed by atoms with E-state index in [1.807, 2.05) is 0 Å². The fourth-order valence-corrected chi connectivity index (χ4v) is 3.37. The van der Waals surface area contributed by atoms with Crippen LogP contribution in [0, 0.1) is 0 Å². The number of rotatable bonds is 4. The maximum Gasteiger partial charge on any atom is 0.179 e. The Morgan fingerprint density at radius 3 is 2.79 bits per heavy atom. The topological polar surface area (TPSA) is 52.6 Å². The molecule has 0 saturated heterocycles. The number of ether oxygens (including phenoxy) is 2. The first kappa shape index (κ1) is 14.2. The van der Waals surface area contributed by atoms with Crippen molar-refractivity contribution < 1.29 is 17.9 Å². The van der Waals surface area contributed by atoms with Crippen LogP contribution >= 0.6 is 11.6 Å². The first-order chi connectivity index (χ1) is 9.02. The van der Waals surface area contributed by atoms with E-state index in [0.717, 1.165) is 0 Å². The van der Waals surface area contributed by atoms with E-state index < -0.39 is 9.84 Å². The van der Waals surface area contributed by atoms with Gasteiger partial charge in [-0.2, -0.15) is 0 Å². The van der Waals surface area contributed by atoms with Crippen LogP contribution in [0.4, 0.5) is 0 Å². The van der Waals surface area contributed by atoms with Gasteiger partial charge in [0.2, 0.25) is 0 Å². The van der Waals surface area contributed by atoms with E-state index in [1.54, 1.807) is 31.2 Å². The van der Waals surface area contributed by atoms with Crippen LogP contribution < -0.4 is 9.47 Å². The van der Waals surface area contributed by atoms with Crippen molar-refractivity contribution in [3.63, 3.8) is 0 Å². The molecule has 1 heterocycles. The van der Waals surface area contributed by atoms with Gasteiger partial charge in [-0.25, -0.2) is 8.42 Å². The fraction of sp³-hybridized carbons (Fsp3) is 0.385. The van der Waals surface area contributed by atoms with E-state index in [1.165, 1.54) is 0 Å². The quantitative estimate of drug-likeness (QED) is 0.802. The van der Waals surface area contributed by atoms with Crippen molar-refractivity contribution in [2.75, 3.05) is 19.0 Å². The molecule has 0 atom stereocenters. The van der Waals surface area contributed by atoms with Gasteiger partial charge in [-0.1, -0.05) is 23.8 Å². The third-order valence-corrected chi connectivity index (χ3v) is 4.38. The molecule has 0 amide bonds. The van der Waals surface area contributed by atoms with Crippen molar-refractivity contribution in [1.29, 1.82) is 0 Å². The number of hydrogen-bond donors (Lipinski definition) is 0. The van der Waals surface area contributed by atoms with Gasteiger partial charge in [-0.15, -0.1) is 0 Å². The summed E-state index contributed by atoms with van der Waals surface area (Å²) < 4.78 is 34.6. The summed E-state index contributed by atoms with van der Waals surface area (Å²) >= 11 is 6.07. The summed E-state index contributed by atoms with van der Waals surface area (Å²) in [7, 11) is -3.18. The van der Waals surface area contributed by atoms with E-state index in [-0.39, 0.29) is 11.5 Å². The predicted molar refractivity (Wildman–Crippen MR) is 74.7 cm³/mol. The van der Waals surface area contributed by atoms with E-state index >= 15 is 0 Å². The van der Waals surface area contributed by atoms with Crippen molar-refractivity contribution in [2.45, 2.75) is 12.7 Å². The second-order valence-corrected chi connectivity index (χ2v) is 6.74. The second-order valence-electron chi connectivity index (χ2n) is 4.23. The van der Waals surface area contributed by atoms with Crippen molar-refractivity contribution in [3.8, 4) is 11.5 Å². The molecule has 1 aromatic rings. The highest BCUT2D eigenvalue weighted by molar-refractivity contribution is 7.90. The summed E-state index contributed by atoms with van der Waals surface area (Å²) in [6.07, 6.45) is 3.34. The second kappa shape index (κ2) is 5.84. The van der Waals surface area contributed by atoms with Gasteiger partial charge >= 0.3 is 0 Å². The highest BCUT2D eigenvalue weighted by Crippen LogP contribution is 2.38. The standard InChI is InChI=1S/C13H15ClO4S/c1-2-3-6-19(15,16)9-10-7-11(14)13-12(8-10)17-4-5-18-13/h2-3,7-8H,4-6,9H2,1H3. The Kier molecular flexibility index (Phi) is 4.37. The first-order valence-electron chi connectivity index (χ1n) is 5.91. The minimum absolute atomic E-state index is 0.0234. The molecule has 1 aliphatic rings. The summed E-state index contributed by atoms with van der Waals surface area (Å²) in [5, 5.41) is 0.383. The van der Waals surface area contributed by atoms with Crippen molar-refractivity contribution >= 4 is 21.4 Å². The Morgan fingerprint density at radius 2 is 2.05 bits per heavy atom. The lowest BCUT2D eigenvalue weighted by atomic mass is 10.2. The monoisotopic (exact) mass is 302 g/mol. The molecule has 0 spiro atoms. The number of halogens is 1. The summed E-state index contributed by atoms with van der Waals surface area (Å²) in [5.74, 6) is 0.959. The number of benzene rings is 1. The van der Waals surface area contributed by atoms with Crippen LogP contribution in [0.25, 0.3) is 0 Å². The summed E-state index contributed by atoms with van der Waals surface area (Å²) in [5.41, 5.74) is 0.610. The van der Waals surface area contributed by atoms with Gasteiger partial charge in [0.25, 0.3) is 0 Å². The summed E-state index contributed by atoms with van der Waals surface area (Å²) in [6, 6.07) is 3.29. The molecule has 104 valence electrons. The molecule has 0 radical (unpaired) electrons. The Labute approximate surface area is 117 Å². The van der Waals surface area contributed by atoms with Crippen LogP contribution in [0.15, 0.2) is 24.3 Å². The average molecular weight is 303 g/mol. The first-order valence-corrected chi connectivity index (χ1v) is 8.11. The molecule has 1 aliphatic heterocycles. The average Bonchev–Trinajstić information content (AvgIpc) is 2.36. The zero-order chi connectivity index (χ0) is 13.9. The zero-order valence-corrected chi connectivity index (χ0v) is 12.1. The Balaban J connectivity index is 2.24. The lowest BCUT2D eigenvalue weighted by molar-refractivity contribution is 0.171. The van der Waals surface area contributed by atoms with Gasteiger partial charge in [0.15, 0.2) is 21.3 Å². The van der Waals surface area contributed by atoms with Crippen molar-refractivity contribution in [2.24, 2.45) is 0 Å². The number of sulfone groups is 1. The highest BCUT2D eigenvalue weighted by Gasteiger charge is 2.19. The lowest BCUT2D eigenvalue weighted by Gasteiger charge is -2.20. The minimum atomic E-state index is -3.18. The number of fused-ring (bicyclic) bond motifs is 1. The van der Waals surface area contributed by atoms with Gasteiger partial charge in [-0.05, 0) is 24.6 Å². The van der Waals surface area contributed by atoms with Gasteiger partial charge in [0.1, 0.15) is 13.2 Å². The molecule has 0 N–H and O–H groups in total. The van der Waals surface area contributed by atoms with E-state index in [0.29, 0.717) is 35.3 Å². The summed E-state index contributed by atoms with van der Waals surface area (Å²) in [6.45, 7) is 2.68. The van der Waals surface area contributed by atoms with Crippen LogP contribution in [-0.2, 0) is 15.6 Å². The molecule has 19 heavy (non-hydrogen) atoms. The molecule has 0 aliphatic carbocycles. The Morgan fingerprint density at radius 1 is 1.32 bits per heavy atom. The maximum absolute atomic E-state index is 11.9. The maximum atomic E-state index is 11.9. The van der Waals surface area contributed by atoms with Crippen LogP contribution in [0.3, 0.4) is 0 Å². The third-order valence-electron chi connectivity index (χ3n) is 2.63. The SMILES string of the molecule is CC=CCS(=O)(=O)Cc1cc(Cl)c2c(c1)OCCO2. The third kappa shape index (κ3) is 3.64. The lowest BCUT2D eigenvalue weighted by Crippen LogP contribution is -2.16. The van der Waals surface area contributed by atoms with Crippen molar-refractivity contribution in [1.82, 2.24) is 0 Å². The molecule has 0 saturated carbocycles. The van der Waals surface area contributed by atoms with Crippen LogP contribution in [0.2, 0.25) is 5.02 Å². The number of allylic oxidation sites excluding steroid dienone is 1. The van der Waals surface area contributed by atoms with Crippen LogP contribution in [-0.4, -0.2) is 27.4 Å². The minimum Gasteiger partial charge on any atom is -0.486 e. The van der Waals surface area contributed by atoms with Gasteiger partial charge in [0, 0.05) is 0 Å². The summed E-state index contributed by atoms with van der Waals surface area (Å²) in [4.78, 5) is 0. The van der Waals surface area contributed by atoms with Gasteiger partial charge in [0.05, 0.1) is 16.5 Å². The molecule has 6 heteroatoms. The van der Waals surface area contributed by atoms with E-state index in [4.69, 9.17) is 21.1 Å². The highest BCUT2D eigenvalue weighted by atomic mass is 35.5. The smallest absolute Gasteiger partial charge is 0.179 e. The number of hydrogen-bond acceptors (Lipinski definition) is 4.